The number of methoxy groups -OCH3 is 1. The van der Waals surface area contributed by atoms with Crippen molar-refractivity contribution in [3.05, 3.63) is 56.7 Å². The van der Waals surface area contributed by atoms with Crippen LogP contribution in [0, 0.1) is 3.57 Å². The topological polar surface area (TPSA) is 144 Å². The molecule has 2 amide bonds. The summed E-state index contributed by atoms with van der Waals surface area (Å²) in [5.41, 5.74) is 1.50. The van der Waals surface area contributed by atoms with E-state index in [4.69, 9.17) is 18.9 Å². The second kappa shape index (κ2) is 19.7. The lowest BCUT2D eigenvalue weighted by molar-refractivity contribution is -0.139. The number of nitrogens with zero attached hydrogens (tertiary/aromatic N) is 1. The maximum absolute atomic E-state index is 14.1. The minimum atomic E-state index is -1.22. The molecule has 2 aromatic carbocycles. The van der Waals surface area contributed by atoms with E-state index in [1.54, 1.807) is 23.1 Å². The number of aldehydes is 1. The second-order valence-electron chi connectivity index (χ2n) is 12.5. The number of hydrogen-bond donors (Lipinski definition) is 3. The number of aliphatic hydroxyl groups is 2. The van der Waals surface area contributed by atoms with Crippen molar-refractivity contribution in [1.29, 1.82) is 0 Å². The van der Waals surface area contributed by atoms with Crippen molar-refractivity contribution < 1.29 is 43.5 Å². The van der Waals surface area contributed by atoms with Crippen molar-refractivity contribution in [1.82, 2.24) is 10.2 Å². The van der Waals surface area contributed by atoms with Gasteiger partial charge in [0, 0.05) is 37.1 Å². The summed E-state index contributed by atoms with van der Waals surface area (Å²) in [4.78, 5) is 40.5. The molecule has 2 aromatic rings. The van der Waals surface area contributed by atoms with Crippen molar-refractivity contribution in [2.75, 3.05) is 27.1 Å². The highest BCUT2D eigenvalue weighted by atomic mass is 127. The smallest absolute Gasteiger partial charge is 0.247 e. The molecular formula is C37H49IN2O9. The second-order valence-corrected chi connectivity index (χ2v) is 13.6. The van der Waals surface area contributed by atoms with Gasteiger partial charge < -0.3 is 39.4 Å². The zero-order valence-corrected chi connectivity index (χ0v) is 30.6. The zero-order valence-electron chi connectivity index (χ0n) is 28.5. The fraction of sp³-hybridized carbons (Fsp3) is 0.541. The van der Waals surface area contributed by atoms with Gasteiger partial charge in [-0.3, -0.25) is 14.4 Å². The van der Waals surface area contributed by atoms with E-state index < -0.39 is 24.2 Å². The number of halogens is 1. The molecule has 0 saturated heterocycles. The molecule has 268 valence electrons. The van der Waals surface area contributed by atoms with Gasteiger partial charge >= 0.3 is 0 Å². The molecule has 0 radical (unpaired) electrons. The Morgan fingerprint density at radius 1 is 1.04 bits per heavy atom. The number of rotatable bonds is 20. The first-order valence-corrected chi connectivity index (χ1v) is 18.3. The predicted octanol–water partition coefficient (Wildman–Crippen LogP) is 5.71. The number of hydrogen-bond acceptors (Lipinski definition) is 9. The van der Waals surface area contributed by atoms with E-state index in [-0.39, 0.29) is 38.8 Å². The van der Waals surface area contributed by atoms with Crippen LogP contribution in [0.1, 0.15) is 93.5 Å². The van der Waals surface area contributed by atoms with Crippen LogP contribution in [0.5, 0.6) is 23.0 Å². The summed E-state index contributed by atoms with van der Waals surface area (Å²) in [6.07, 6.45) is 10.4. The molecule has 0 spiro atoms. The Balaban J connectivity index is 1.59. The number of amides is 2. The molecule has 3 N–H and O–H groups in total. The normalized spacial score (nSPS) is 18.1. The molecule has 0 aromatic heterocycles. The number of benzene rings is 2. The van der Waals surface area contributed by atoms with Gasteiger partial charge in [-0.1, -0.05) is 64.4 Å². The largest absolute Gasteiger partial charge is 0.493 e. The number of unbranched alkanes of at least 4 members (excludes halogenated alkanes) is 8. The standard InChI is InChI=1S/C37H49IN2O9/c1-3-4-5-6-7-8-9-10-11-12-34(43)40(22-25-13-14-30-31(18-25)48-24-47-30)29-20-27(37(45)39-15-16-41)21-32(35(29)44)49-36-28(38)17-26(23-42)19-33(36)46-2/h13-14,17-19,21,23,29,32,35,41,44H,3-12,15-16,20,22,24H2,1-2H3,(H,39,45). The lowest BCUT2D eigenvalue weighted by Gasteiger charge is -2.41. The summed E-state index contributed by atoms with van der Waals surface area (Å²) < 4.78 is 23.5. The van der Waals surface area contributed by atoms with Crippen molar-refractivity contribution in [2.24, 2.45) is 0 Å². The monoisotopic (exact) mass is 792 g/mol. The van der Waals surface area contributed by atoms with Gasteiger partial charge in [0.1, 0.15) is 18.5 Å². The van der Waals surface area contributed by atoms with Gasteiger partial charge in [-0.25, -0.2) is 0 Å². The van der Waals surface area contributed by atoms with Gasteiger partial charge in [0.05, 0.1) is 23.3 Å². The highest BCUT2D eigenvalue weighted by molar-refractivity contribution is 14.1. The SMILES string of the molecule is CCCCCCCCCCCC(=O)N(Cc1ccc2c(c1)OCO2)C1CC(C(=O)NCCO)=CC(Oc2c(I)cc(C=O)cc2OC)C1O. The van der Waals surface area contributed by atoms with E-state index in [9.17, 15) is 24.6 Å². The van der Waals surface area contributed by atoms with E-state index in [1.165, 1.54) is 45.3 Å². The van der Waals surface area contributed by atoms with Crippen molar-refractivity contribution in [3.63, 3.8) is 0 Å². The van der Waals surface area contributed by atoms with Crippen molar-refractivity contribution in [2.45, 2.75) is 102 Å². The number of ether oxygens (including phenoxy) is 4. The summed E-state index contributed by atoms with van der Waals surface area (Å²) in [6.45, 7) is 2.31. The van der Waals surface area contributed by atoms with Gasteiger partial charge in [0.2, 0.25) is 18.6 Å². The van der Waals surface area contributed by atoms with Crippen LogP contribution in [0.4, 0.5) is 0 Å². The minimum Gasteiger partial charge on any atom is -0.493 e. The Morgan fingerprint density at radius 2 is 1.76 bits per heavy atom. The summed E-state index contributed by atoms with van der Waals surface area (Å²) >= 11 is 2.03. The highest BCUT2D eigenvalue weighted by Gasteiger charge is 2.41. The van der Waals surface area contributed by atoms with E-state index >= 15 is 0 Å². The van der Waals surface area contributed by atoms with Crippen molar-refractivity contribution >= 4 is 40.7 Å². The average Bonchev–Trinajstić information content (AvgIpc) is 3.58. The molecule has 12 heteroatoms. The van der Waals surface area contributed by atoms with Crippen molar-refractivity contribution in [3.8, 4) is 23.0 Å². The Bertz CT molecular complexity index is 1450. The first-order chi connectivity index (χ1) is 23.8. The number of carbonyl (C=O) groups is 3. The molecular weight excluding hydrogens is 743 g/mol. The Labute approximate surface area is 302 Å². The molecule has 0 bridgehead atoms. The van der Waals surface area contributed by atoms with Crippen LogP contribution in [-0.2, 0) is 16.1 Å². The highest BCUT2D eigenvalue weighted by Crippen LogP contribution is 2.38. The maximum Gasteiger partial charge on any atom is 0.247 e. The molecule has 0 fully saturated rings. The van der Waals surface area contributed by atoms with Gasteiger partial charge in [0.25, 0.3) is 0 Å². The molecule has 4 rings (SSSR count). The quantitative estimate of drug-likeness (QED) is 0.0874. The molecule has 1 heterocycles. The van der Waals surface area contributed by atoms with Gasteiger partial charge in [-0.2, -0.15) is 0 Å². The number of nitrogens with one attached hydrogen (secondary N) is 1. The maximum atomic E-state index is 14.1. The summed E-state index contributed by atoms with van der Waals surface area (Å²) in [5.74, 6) is 1.24. The van der Waals surface area contributed by atoms with Gasteiger partial charge in [-0.15, -0.1) is 0 Å². The van der Waals surface area contributed by atoms with E-state index in [1.807, 2.05) is 34.7 Å². The minimum absolute atomic E-state index is 0.0479. The molecule has 3 unspecified atom stereocenters. The van der Waals surface area contributed by atoms with Gasteiger partial charge in [-0.05, 0) is 64.9 Å². The molecule has 1 aliphatic carbocycles. The summed E-state index contributed by atoms with van der Waals surface area (Å²) in [5, 5.41) is 24.0. The van der Waals surface area contributed by atoms with Gasteiger partial charge in [0.15, 0.2) is 23.0 Å². The lowest BCUT2D eigenvalue weighted by Crippen LogP contribution is -2.54. The van der Waals surface area contributed by atoms with Crippen LogP contribution in [-0.4, -0.2) is 78.5 Å². The number of carbonyl (C=O) groups excluding carboxylic acids is 3. The number of fused-ring (bicyclic) bond motifs is 1. The first kappa shape index (κ1) is 38.4. The Hall–Kier alpha value is -3.36. The van der Waals surface area contributed by atoms with Crippen LogP contribution in [0.25, 0.3) is 0 Å². The average molecular weight is 793 g/mol. The zero-order chi connectivity index (χ0) is 35.2. The molecule has 2 aliphatic rings. The lowest BCUT2D eigenvalue weighted by atomic mass is 9.87. The number of aliphatic hydroxyl groups excluding tert-OH is 2. The van der Waals surface area contributed by atoms with E-state index in [0.717, 1.165) is 24.8 Å². The van der Waals surface area contributed by atoms with Crippen LogP contribution in [0.3, 0.4) is 0 Å². The third kappa shape index (κ3) is 10.8. The van der Waals surface area contributed by atoms with Crippen LogP contribution in [0.2, 0.25) is 0 Å². The molecule has 0 saturated carbocycles. The fourth-order valence-corrected chi connectivity index (χ4v) is 6.95. The Kier molecular flexibility index (Phi) is 15.5. The molecule has 3 atom stereocenters. The Morgan fingerprint density at radius 3 is 2.45 bits per heavy atom. The summed E-state index contributed by atoms with van der Waals surface area (Å²) in [7, 11) is 1.45. The molecule has 11 nitrogen and oxygen atoms in total. The third-order valence-corrected chi connectivity index (χ3v) is 9.66. The first-order valence-electron chi connectivity index (χ1n) is 17.2. The van der Waals surface area contributed by atoms with Crippen LogP contribution in [0.15, 0.2) is 42.0 Å². The molecule has 49 heavy (non-hydrogen) atoms. The summed E-state index contributed by atoms with van der Waals surface area (Å²) in [6, 6.07) is 7.85. The third-order valence-electron chi connectivity index (χ3n) is 8.86. The van der Waals surface area contributed by atoms with E-state index in [2.05, 4.69) is 12.2 Å². The predicted molar refractivity (Wildman–Crippen MR) is 193 cm³/mol. The van der Waals surface area contributed by atoms with Crippen LogP contribution >= 0.6 is 22.6 Å². The molecule has 1 aliphatic heterocycles. The van der Waals surface area contributed by atoms with Crippen LogP contribution < -0.4 is 24.3 Å². The fourth-order valence-electron chi connectivity index (χ4n) is 6.19. The van der Waals surface area contributed by atoms with E-state index in [0.29, 0.717) is 56.8 Å².